The van der Waals surface area contributed by atoms with Gasteiger partial charge in [-0.25, -0.2) is 0 Å². The first-order chi connectivity index (χ1) is 7.43. The lowest BCUT2D eigenvalue weighted by Crippen LogP contribution is -2.56. The predicted molar refractivity (Wildman–Crippen MR) is 66.2 cm³/mol. The lowest BCUT2D eigenvalue weighted by atomic mass is 9.58. The van der Waals surface area contributed by atoms with Gasteiger partial charge in [0.25, 0.3) is 0 Å². The van der Waals surface area contributed by atoms with Crippen molar-refractivity contribution in [2.45, 2.75) is 51.6 Å². The second kappa shape index (κ2) is 3.97. The lowest BCUT2D eigenvalue weighted by molar-refractivity contribution is -0.0977. The molecule has 2 aliphatic rings. The van der Waals surface area contributed by atoms with Crippen LogP contribution >= 0.6 is 0 Å². The molecule has 0 radical (unpaired) electrons. The summed E-state index contributed by atoms with van der Waals surface area (Å²) in [7, 11) is 0. The molecule has 0 bridgehead atoms. The van der Waals surface area contributed by atoms with Gasteiger partial charge in [0, 0.05) is 18.5 Å². The van der Waals surface area contributed by atoms with Crippen LogP contribution in [0.5, 0.6) is 0 Å². The van der Waals surface area contributed by atoms with Crippen molar-refractivity contribution >= 4 is 0 Å². The first-order valence-corrected chi connectivity index (χ1v) is 6.56. The zero-order chi connectivity index (χ0) is 11.9. The van der Waals surface area contributed by atoms with Crippen LogP contribution in [0.1, 0.15) is 46.0 Å². The maximum Gasteiger partial charge on any atom is 0.0851 e. The van der Waals surface area contributed by atoms with Crippen molar-refractivity contribution in [3.05, 3.63) is 0 Å². The van der Waals surface area contributed by atoms with Crippen molar-refractivity contribution in [1.29, 1.82) is 0 Å². The van der Waals surface area contributed by atoms with E-state index in [4.69, 9.17) is 5.73 Å². The minimum Gasteiger partial charge on any atom is -0.388 e. The Bertz CT molecular complexity index is 247. The molecule has 1 aliphatic heterocycles. The quantitative estimate of drug-likeness (QED) is 0.664. The highest BCUT2D eigenvalue weighted by Gasteiger charge is 2.52. The van der Waals surface area contributed by atoms with Gasteiger partial charge < -0.3 is 16.2 Å². The summed E-state index contributed by atoms with van der Waals surface area (Å²) >= 11 is 0. The molecular weight excluding hydrogens is 200 g/mol. The molecule has 1 heterocycles. The molecule has 1 aliphatic carbocycles. The fraction of sp³-hybridized carbons (Fsp3) is 1.00. The molecule has 0 spiro atoms. The molecule has 0 aromatic rings. The summed E-state index contributed by atoms with van der Waals surface area (Å²) in [5, 5.41) is 14.1. The lowest BCUT2D eigenvalue weighted by Gasteiger charge is -2.50. The van der Waals surface area contributed by atoms with Gasteiger partial charge in [0.2, 0.25) is 0 Å². The number of hydrogen-bond donors (Lipinski definition) is 3. The van der Waals surface area contributed by atoms with Crippen LogP contribution in [0, 0.1) is 10.8 Å². The third-order valence-electron chi connectivity index (χ3n) is 5.07. The molecule has 1 unspecified atom stereocenters. The predicted octanol–water partition coefficient (Wildman–Crippen LogP) is 1.26. The van der Waals surface area contributed by atoms with Gasteiger partial charge in [-0.3, -0.25) is 0 Å². The fourth-order valence-corrected chi connectivity index (χ4v) is 3.40. The van der Waals surface area contributed by atoms with Crippen molar-refractivity contribution in [2.75, 3.05) is 19.6 Å². The van der Waals surface area contributed by atoms with Crippen molar-refractivity contribution < 1.29 is 5.11 Å². The van der Waals surface area contributed by atoms with Crippen molar-refractivity contribution in [3.8, 4) is 0 Å². The van der Waals surface area contributed by atoms with E-state index < -0.39 is 5.60 Å². The zero-order valence-corrected chi connectivity index (χ0v) is 10.7. The van der Waals surface area contributed by atoms with Gasteiger partial charge in [0.05, 0.1) is 5.60 Å². The number of rotatable bonds is 2. The highest BCUT2D eigenvalue weighted by atomic mass is 16.3. The van der Waals surface area contributed by atoms with Crippen LogP contribution in [0.2, 0.25) is 0 Å². The van der Waals surface area contributed by atoms with E-state index in [0.717, 1.165) is 32.4 Å². The SMILES string of the molecule is CC1(C)CCC(CN)(C2(O)CCNC2)CC1. The summed E-state index contributed by atoms with van der Waals surface area (Å²) in [5.74, 6) is 0. The van der Waals surface area contributed by atoms with Crippen LogP contribution < -0.4 is 11.1 Å². The average molecular weight is 226 g/mol. The molecule has 3 nitrogen and oxygen atoms in total. The number of β-amino-alcohol motifs (C(OH)–C–C–N with tert-alkyl or cyclic N) is 1. The number of nitrogens with two attached hydrogens (primary N) is 1. The summed E-state index contributed by atoms with van der Waals surface area (Å²) in [6.45, 7) is 6.93. The maximum atomic E-state index is 10.8. The molecule has 16 heavy (non-hydrogen) atoms. The molecule has 1 atom stereocenters. The highest BCUT2D eigenvalue weighted by Crippen LogP contribution is 2.51. The Labute approximate surface area is 98.8 Å². The van der Waals surface area contributed by atoms with Crippen molar-refractivity contribution in [3.63, 3.8) is 0 Å². The van der Waals surface area contributed by atoms with E-state index in [1.165, 1.54) is 12.8 Å². The van der Waals surface area contributed by atoms with E-state index in [1.807, 2.05) is 0 Å². The molecule has 2 fully saturated rings. The molecule has 0 amide bonds. The number of nitrogens with one attached hydrogen (secondary N) is 1. The van der Waals surface area contributed by atoms with E-state index in [0.29, 0.717) is 12.0 Å². The Kier molecular flexibility index (Phi) is 3.06. The first-order valence-electron chi connectivity index (χ1n) is 6.56. The Hall–Kier alpha value is -0.120. The molecule has 0 aromatic heterocycles. The molecule has 94 valence electrons. The van der Waals surface area contributed by atoms with Crippen molar-refractivity contribution in [2.24, 2.45) is 16.6 Å². The third-order valence-corrected chi connectivity index (χ3v) is 5.07. The van der Waals surface area contributed by atoms with Crippen LogP contribution in [0.15, 0.2) is 0 Å². The third kappa shape index (κ3) is 1.89. The summed E-state index contributed by atoms with van der Waals surface area (Å²) in [6.07, 6.45) is 5.40. The van der Waals surface area contributed by atoms with Gasteiger partial charge in [0.1, 0.15) is 0 Å². The standard InChI is InChI=1S/C13H26N2O/c1-11(2)3-5-12(9-14,6-4-11)13(16)7-8-15-10-13/h15-16H,3-10,14H2,1-2H3. The Morgan fingerprint density at radius 2 is 1.75 bits per heavy atom. The van der Waals surface area contributed by atoms with Crippen LogP contribution in [0.25, 0.3) is 0 Å². The van der Waals surface area contributed by atoms with Gasteiger partial charge in [0.15, 0.2) is 0 Å². The Balaban J connectivity index is 2.15. The first kappa shape index (κ1) is 12.3. The summed E-state index contributed by atoms with van der Waals surface area (Å²) in [5.41, 5.74) is 5.84. The maximum absolute atomic E-state index is 10.8. The number of aliphatic hydroxyl groups is 1. The van der Waals surface area contributed by atoms with Crippen LogP contribution in [0.3, 0.4) is 0 Å². The topological polar surface area (TPSA) is 58.3 Å². The zero-order valence-electron chi connectivity index (χ0n) is 10.7. The molecule has 2 rings (SSSR count). The van der Waals surface area contributed by atoms with Crippen LogP contribution in [-0.4, -0.2) is 30.3 Å². The monoisotopic (exact) mass is 226 g/mol. The second-order valence-corrected chi connectivity index (χ2v) is 6.61. The van der Waals surface area contributed by atoms with Crippen LogP contribution in [0.4, 0.5) is 0 Å². The summed E-state index contributed by atoms with van der Waals surface area (Å²) < 4.78 is 0. The Morgan fingerprint density at radius 1 is 1.12 bits per heavy atom. The van der Waals surface area contributed by atoms with Gasteiger partial charge in [-0.05, 0) is 44.1 Å². The van der Waals surface area contributed by atoms with Gasteiger partial charge in [-0.15, -0.1) is 0 Å². The van der Waals surface area contributed by atoms with Gasteiger partial charge in [-0.2, -0.15) is 0 Å². The smallest absolute Gasteiger partial charge is 0.0851 e. The highest BCUT2D eigenvalue weighted by molar-refractivity contribution is 5.06. The second-order valence-electron chi connectivity index (χ2n) is 6.61. The molecule has 3 heteroatoms. The van der Waals surface area contributed by atoms with E-state index >= 15 is 0 Å². The molecular formula is C13H26N2O. The average Bonchev–Trinajstić information content (AvgIpc) is 2.67. The van der Waals surface area contributed by atoms with E-state index in [-0.39, 0.29) is 5.41 Å². The minimum absolute atomic E-state index is 0.0357. The van der Waals surface area contributed by atoms with Gasteiger partial charge in [-0.1, -0.05) is 13.8 Å². The minimum atomic E-state index is -0.557. The van der Waals surface area contributed by atoms with E-state index in [2.05, 4.69) is 19.2 Å². The van der Waals surface area contributed by atoms with E-state index in [9.17, 15) is 5.11 Å². The van der Waals surface area contributed by atoms with Crippen LogP contribution in [-0.2, 0) is 0 Å². The molecule has 0 aromatic carbocycles. The molecule has 1 saturated heterocycles. The normalized spacial score (nSPS) is 37.5. The molecule has 1 saturated carbocycles. The fourth-order valence-electron chi connectivity index (χ4n) is 3.40. The van der Waals surface area contributed by atoms with Crippen molar-refractivity contribution in [1.82, 2.24) is 5.32 Å². The summed E-state index contributed by atoms with van der Waals surface area (Å²) in [4.78, 5) is 0. The van der Waals surface area contributed by atoms with Gasteiger partial charge >= 0.3 is 0 Å². The summed E-state index contributed by atoms with van der Waals surface area (Å²) in [6, 6.07) is 0. The van der Waals surface area contributed by atoms with E-state index in [1.54, 1.807) is 0 Å². The largest absolute Gasteiger partial charge is 0.388 e. The Morgan fingerprint density at radius 3 is 2.19 bits per heavy atom. The number of hydrogen-bond acceptors (Lipinski definition) is 3. The molecule has 4 N–H and O–H groups in total.